The molecule has 0 aliphatic carbocycles. The van der Waals surface area contributed by atoms with Crippen LogP contribution in [-0.4, -0.2) is 50.1 Å². The molecule has 1 heterocycles. The van der Waals surface area contributed by atoms with Crippen LogP contribution in [0.4, 0.5) is 0 Å². The number of hydrogen-bond donors (Lipinski definition) is 0. The fraction of sp³-hybridized carbons (Fsp3) is 0.409. The summed E-state index contributed by atoms with van der Waals surface area (Å²) >= 11 is 6.12. The van der Waals surface area contributed by atoms with Gasteiger partial charge in [-0.15, -0.1) is 0 Å². The minimum Gasteiger partial charge on any atom is -0.497 e. The van der Waals surface area contributed by atoms with E-state index in [0.29, 0.717) is 18.1 Å². The number of likely N-dealkylation sites (N-methyl/N-ethyl adjacent to an activating group) is 1. The van der Waals surface area contributed by atoms with Crippen LogP contribution in [0.3, 0.4) is 0 Å². The molecule has 3 rings (SSSR count). The summed E-state index contributed by atoms with van der Waals surface area (Å²) in [5.41, 5.74) is 2.13. The second kappa shape index (κ2) is 9.30. The highest BCUT2D eigenvalue weighted by atomic mass is 35.5. The topological polar surface area (TPSA) is 42.0 Å². The van der Waals surface area contributed by atoms with Crippen molar-refractivity contribution in [3.05, 3.63) is 58.6 Å². The fourth-order valence-electron chi connectivity index (χ4n) is 3.78. The number of rotatable bonds is 7. The Kier molecular flexibility index (Phi) is 6.81. The molecule has 1 unspecified atom stereocenters. The first-order valence-electron chi connectivity index (χ1n) is 9.46. The maximum absolute atomic E-state index is 13.0. The monoisotopic (exact) mass is 402 g/mol. The molecule has 150 valence electrons. The molecule has 1 atom stereocenters. The van der Waals surface area contributed by atoms with E-state index in [1.54, 1.807) is 20.3 Å². The Hall–Kier alpha value is -2.24. The van der Waals surface area contributed by atoms with Crippen LogP contribution in [-0.2, 0) is 11.3 Å². The van der Waals surface area contributed by atoms with Gasteiger partial charge in [-0.2, -0.15) is 0 Å². The molecule has 5 nitrogen and oxygen atoms in total. The van der Waals surface area contributed by atoms with E-state index in [9.17, 15) is 4.79 Å². The normalized spacial score (nSPS) is 16.5. The lowest BCUT2D eigenvalue weighted by molar-refractivity contribution is -0.133. The van der Waals surface area contributed by atoms with Crippen LogP contribution in [0.25, 0.3) is 0 Å². The van der Waals surface area contributed by atoms with Gasteiger partial charge in [-0.1, -0.05) is 23.7 Å². The van der Waals surface area contributed by atoms with E-state index >= 15 is 0 Å². The van der Waals surface area contributed by atoms with Crippen molar-refractivity contribution in [3.63, 3.8) is 0 Å². The summed E-state index contributed by atoms with van der Waals surface area (Å²) in [7, 11) is 5.24. The predicted octanol–water partition coefficient (Wildman–Crippen LogP) is 4.15. The van der Waals surface area contributed by atoms with Crippen LogP contribution in [0.2, 0.25) is 5.02 Å². The van der Waals surface area contributed by atoms with Gasteiger partial charge in [0.05, 0.1) is 26.8 Å². The lowest BCUT2D eigenvalue weighted by atomic mass is 10.0. The number of likely N-dealkylation sites (tertiary alicyclic amines) is 1. The molecule has 1 amide bonds. The third kappa shape index (κ3) is 4.78. The molecule has 0 aromatic heterocycles. The zero-order chi connectivity index (χ0) is 20.1. The molecule has 0 saturated carbocycles. The highest BCUT2D eigenvalue weighted by molar-refractivity contribution is 6.30. The molecule has 1 fully saturated rings. The van der Waals surface area contributed by atoms with E-state index in [2.05, 4.69) is 12.1 Å². The zero-order valence-corrected chi connectivity index (χ0v) is 17.4. The largest absolute Gasteiger partial charge is 0.497 e. The molecule has 2 aromatic rings. The van der Waals surface area contributed by atoms with E-state index in [4.69, 9.17) is 21.1 Å². The van der Waals surface area contributed by atoms with Crippen LogP contribution in [0.15, 0.2) is 42.5 Å². The van der Waals surface area contributed by atoms with E-state index in [0.717, 1.165) is 42.0 Å². The standard InChI is InChI=1S/C22H27ClN2O3/c1-24(14-17-13-18(23)8-11-21(17)28-3)15-22(26)25-12-4-5-20(25)16-6-9-19(27-2)10-7-16/h6-11,13,20H,4-5,12,14-15H2,1-3H3. The number of halogens is 1. The Morgan fingerprint density at radius 1 is 1.18 bits per heavy atom. The number of hydrogen-bond acceptors (Lipinski definition) is 4. The molecule has 1 saturated heterocycles. The number of amides is 1. The van der Waals surface area contributed by atoms with Gasteiger partial charge in [0.2, 0.25) is 5.91 Å². The molecule has 0 N–H and O–H groups in total. The van der Waals surface area contributed by atoms with Gasteiger partial charge >= 0.3 is 0 Å². The highest BCUT2D eigenvalue weighted by Crippen LogP contribution is 2.33. The Labute approximate surface area is 171 Å². The van der Waals surface area contributed by atoms with E-state index in [-0.39, 0.29) is 11.9 Å². The zero-order valence-electron chi connectivity index (χ0n) is 16.7. The summed E-state index contributed by atoms with van der Waals surface area (Å²) in [6.07, 6.45) is 2.01. The Morgan fingerprint density at radius 2 is 1.93 bits per heavy atom. The van der Waals surface area contributed by atoms with Crippen molar-refractivity contribution in [2.45, 2.75) is 25.4 Å². The van der Waals surface area contributed by atoms with Crippen LogP contribution in [0, 0.1) is 0 Å². The van der Waals surface area contributed by atoms with Crippen molar-refractivity contribution < 1.29 is 14.3 Å². The smallest absolute Gasteiger partial charge is 0.237 e. The van der Waals surface area contributed by atoms with Crippen molar-refractivity contribution in [1.29, 1.82) is 0 Å². The maximum atomic E-state index is 13.0. The summed E-state index contributed by atoms with van der Waals surface area (Å²) < 4.78 is 10.6. The van der Waals surface area contributed by atoms with Gasteiger partial charge < -0.3 is 14.4 Å². The average molecular weight is 403 g/mol. The van der Waals surface area contributed by atoms with Crippen molar-refractivity contribution in [2.24, 2.45) is 0 Å². The summed E-state index contributed by atoms with van der Waals surface area (Å²) in [6.45, 7) is 1.74. The van der Waals surface area contributed by atoms with Gasteiger partial charge in [0, 0.05) is 23.7 Å². The first kappa shape index (κ1) is 20.5. The summed E-state index contributed by atoms with van der Waals surface area (Å²) in [4.78, 5) is 17.0. The molecule has 1 aliphatic heterocycles. The fourth-order valence-corrected chi connectivity index (χ4v) is 3.97. The third-order valence-electron chi connectivity index (χ3n) is 5.16. The lowest BCUT2D eigenvalue weighted by Gasteiger charge is -2.28. The molecule has 0 bridgehead atoms. The number of ether oxygens (including phenoxy) is 2. The van der Waals surface area contributed by atoms with Gasteiger partial charge in [-0.05, 0) is 55.8 Å². The van der Waals surface area contributed by atoms with Gasteiger partial charge in [0.25, 0.3) is 0 Å². The molecule has 28 heavy (non-hydrogen) atoms. The number of carbonyl (C=O) groups excluding carboxylic acids is 1. The van der Waals surface area contributed by atoms with Crippen molar-refractivity contribution in [1.82, 2.24) is 9.80 Å². The van der Waals surface area contributed by atoms with E-state index in [1.807, 2.05) is 41.1 Å². The van der Waals surface area contributed by atoms with E-state index in [1.165, 1.54) is 0 Å². The number of nitrogens with zero attached hydrogens (tertiary/aromatic N) is 2. The molecule has 6 heteroatoms. The molecule has 2 aromatic carbocycles. The van der Waals surface area contributed by atoms with Gasteiger partial charge in [0.15, 0.2) is 0 Å². The second-order valence-electron chi connectivity index (χ2n) is 7.15. The predicted molar refractivity (Wildman–Crippen MR) is 111 cm³/mol. The van der Waals surface area contributed by atoms with Crippen LogP contribution in [0.1, 0.15) is 30.0 Å². The van der Waals surface area contributed by atoms with Gasteiger partial charge in [0.1, 0.15) is 11.5 Å². The molecular weight excluding hydrogens is 376 g/mol. The molecule has 1 aliphatic rings. The van der Waals surface area contributed by atoms with Crippen molar-refractivity contribution >= 4 is 17.5 Å². The highest BCUT2D eigenvalue weighted by Gasteiger charge is 2.30. The first-order chi connectivity index (χ1) is 13.5. The van der Waals surface area contributed by atoms with Gasteiger partial charge in [-0.3, -0.25) is 9.69 Å². The van der Waals surface area contributed by atoms with Crippen LogP contribution < -0.4 is 9.47 Å². The van der Waals surface area contributed by atoms with Crippen molar-refractivity contribution in [2.75, 3.05) is 34.4 Å². The molecular formula is C22H27ClN2O3. The number of methoxy groups -OCH3 is 2. The van der Waals surface area contributed by atoms with Gasteiger partial charge in [-0.25, -0.2) is 0 Å². The second-order valence-corrected chi connectivity index (χ2v) is 7.58. The SMILES string of the molecule is COc1ccc(C2CCCN2C(=O)CN(C)Cc2cc(Cl)ccc2OC)cc1. The number of benzene rings is 2. The maximum Gasteiger partial charge on any atom is 0.237 e. The first-order valence-corrected chi connectivity index (χ1v) is 9.84. The minimum absolute atomic E-state index is 0.132. The Bertz CT molecular complexity index is 810. The quantitative estimate of drug-likeness (QED) is 0.697. The Morgan fingerprint density at radius 3 is 2.61 bits per heavy atom. The minimum atomic E-state index is 0.132. The third-order valence-corrected chi connectivity index (χ3v) is 5.40. The number of carbonyl (C=O) groups is 1. The summed E-state index contributed by atoms with van der Waals surface area (Å²) in [5, 5.41) is 0.662. The van der Waals surface area contributed by atoms with Crippen molar-refractivity contribution in [3.8, 4) is 11.5 Å². The Balaban J connectivity index is 1.65. The molecule has 0 spiro atoms. The van der Waals surface area contributed by atoms with E-state index < -0.39 is 0 Å². The molecule has 0 radical (unpaired) electrons. The lowest BCUT2D eigenvalue weighted by Crippen LogP contribution is -2.38. The summed E-state index contributed by atoms with van der Waals surface area (Å²) in [5.74, 6) is 1.75. The van der Waals surface area contributed by atoms with Crippen LogP contribution >= 0.6 is 11.6 Å². The average Bonchev–Trinajstić information content (AvgIpc) is 3.18. The van der Waals surface area contributed by atoms with Crippen LogP contribution in [0.5, 0.6) is 11.5 Å². The summed E-state index contributed by atoms with van der Waals surface area (Å²) in [6, 6.07) is 13.7.